The van der Waals surface area contributed by atoms with Gasteiger partial charge in [0.1, 0.15) is 5.82 Å². The Balaban J connectivity index is 1.62. The Morgan fingerprint density at radius 1 is 1.31 bits per heavy atom. The number of amides is 2. The number of piperidine rings is 1. The molecule has 0 aromatic heterocycles. The molecule has 0 saturated carbocycles. The van der Waals surface area contributed by atoms with Crippen LogP contribution in [0.15, 0.2) is 24.3 Å². The molecule has 1 aromatic rings. The topological polar surface area (TPSA) is 110 Å². The molecule has 2 heterocycles. The number of rotatable bonds is 12. The van der Waals surface area contributed by atoms with Crippen molar-refractivity contribution < 1.29 is 28.2 Å². The fraction of sp³-hybridized carbons (Fsp3) is 0.692. The summed E-state index contributed by atoms with van der Waals surface area (Å²) in [5, 5.41) is 12.4. The van der Waals surface area contributed by atoms with E-state index in [0.717, 1.165) is 32.5 Å². The van der Waals surface area contributed by atoms with Gasteiger partial charge in [-0.3, -0.25) is 4.79 Å². The minimum absolute atomic E-state index is 0.0227. The van der Waals surface area contributed by atoms with Gasteiger partial charge in [-0.1, -0.05) is 12.1 Å². The Morgan fingerprint density at radius 3 is 2.89 bits per heavy atom. The van der Waals surface area contributed by atoms with E-state index in [9.17, 15) is 14.0 Å². The van der Waals surface area contributed by atoms with Crippen LogP contribution < -0.4 is 21.3 Å². The van der Waals surface area contributed by atoms with Gasteiger partial charge < -0.3 is 35.5 Å². The van der Waals surface area contributed by atoms with Crippen molar-refractivity contribution in [3.8, 4) is 0 Å². The van der Waals surface area contributed by atoms with Crippen molar-refractivity contribution in [1.29, 1.82) is 0 Å². The lowest BCUT2D eigenvalue weighted by Crippen LogP contribution is -2.50. The van der Waals surface area contributed by atoms with E-state index in [1.165, 1.54) is 19.2 Å². The second kappa shape index (κ2) is 15.1. The first-order chi connectivity index (χ1) is 17.5. The average molecular weight is 509 g/mol. The molecule has 5 atom stereocenters. The zero-order valence-corrected chi connectivity index (χ0v) is 21.4. The highest BCUT2D eigenvalue weighted by Gasteiger charge is 2.34. The molecular weight excluding hydrogens is 467 g/mol. The number of methoxy groups -OCH3 is 1. The van der Waals surface area contributed by atoms with Gasteiger partial charge in [-0.2, -0.15) is 0 Å². The molecule has 9 nitrogen and oxygen atoms in total. The summed E-state index contributed by atoms with van der Waals surface area (Å²) in [4.78, 5) is 24.6. The zero-order valence-electron chi connectivity index (χ0n) is 21.4. The van der Waals surface area contributed by atoms with Gasteiger partial charge in [-0.25, -0.2) is 9.18 Å². The van der Waals surface area contributed by atoms with E-state index in [4.69, 9.17) is 9.47 Å². The second-order valence-corrected chi connectivity index (χ2v) is 9.70. The van der Waals surface area contributed by atoms with Crippen molar-refractivity contribution in [2.45, 2.75) is 37.8 Å². The number of benzene rings is 1. The lowest BCUT2D eigenvalue weighted by molar-refractivity contribution is -0.127. The number of halogens is 1. The molecule has 0 radical (unpaired) electrons. The molecule has 10 heteroatoms. The zero-order chi connectivity index (χ0) is 25.8. The fourth-order valence-corrected chi connectivity index (χ4v) is 5.16. The predicted octanol–water partition coefficient (Wildman–Crippen LogP) is 1.99. The molecule has 2 amide bonds. The smallest absolute Gasteiger partial charge is 0.406 e. The van der Waals surface area contributed by atoms with Crippen molar-refractivity contribution in [2.24, 2.45) is 17.8 Å². The number of alkyl carbamates (subject to hydrolysis) is 1. The van der Waals surface area contributed by atoms with Gasteiger partial charge in [-0.05, 0) is 56.3 Å². The first-order valence-electron chi connectivity index (χ1n) is 12.9. The minimum Gasteiger partial charge on any atom is -0.453 e. The van der Waals surface area contributed by atoms with Crippen LogP contribution >= 0.6 is 0 Å². The van der Waals surface area contributed by atoms with E-state index < -0.39 is 12.2 Å². The van der Waals surface area contributed by atoms with Crippen LogP contribution in [-0.2, 0) is 19.0 Å². The molecule has 3 rings (SSSR count). The maximum Gasteiger partial charge on any atom is 0.406 e. The van der Waals surface area contributed by atoms with E-state index in [2.05, 4.69) is 26.0 Å². The Kier molecular flexibility index (Phi) is 11.9. The molecule has 2 aliphatic heterocycles. The molecule has 4 N–H and O–H groups in total. The average Bonchev–Trinajstić information content (AvgIpc) is 2.89. The van der Waals surface area contributed by atoms with E-state index in [-0.39, 0.29) is 42.8 Å². The highest BCUT2D eigenvalue weighted by molar-refractivity contribution is 5.79. The molecule has 1 aromatic carbocycles. The standard InChI is InChI=1S/C26H41FN4O5/c1-28-16-23(11-18-5-4-9-35-17-18)31-25(32)21-12-20(14-29-15-21)24(19-6-3-7-22(27)13-19)36-10-8-30-26(33)34-2/h3,6-7,13,18,20-21,23-24,28-29H,4-5,8-12,14-17H2,1-2H3,(H,30,33)(H,31,32)/t18-,20?,21?,23-,24+/m1/s1. The maximum absolute atomic E-state index is 14.0. The number of nitrogens with one attached hydrogen (secondary N) is 4. The van der Waals surface area contributed by atoms with Crippen LogP contribution in [0.2, 0.25) is 0 Å². The summed E-state index contributed by atoms with van der Waals surface area (Å²) in [6, 6.07) is 6.39. The molecule has 2 unspecified atom stereocenters. The Morgan fingerprint density at radius 2 is 2.17 bits per heavy atom. The Hall–Kier alpha value is -2.27. The molecule has 0 bridgehead atoms. The Bertz CT molecular complexity index is 823. The summed E-state index contributed by atoms with van der Waals surface area (Å²) < 4.78 is 30.4. The number of carbonyl (C=O) groups excluding carboxylic acids is 2. The van der Waals surface area contributed by atoms with Gasteiger partial charge >= 0.3 is 6.09 Å². The van der Waals surface area contributed by atoms with Gasteiger partial charge in [0.25, 0.3) is 0 Å². The van der Waals surface area contributed by atoms with Crippen LogP contribution in [0.4, 0.5) is 9.18 Å². The van der Waals surface area contributed by atoms with Crippen LogP contribution in [0.25, 0.3) is 0 Å². The third-order valence-corrected chi connectivity index (χ3v) is 6.88. The summed E-state index contributed by atoms with van der Waals surface area (Å²) >= 11 is 0. The molecule has 2 aliphatic rings. The van der Waals surface area contributed by atoms with Gasteiger partial charge in [0, 0.05) is 51.4 Å². The molecule has 202 valence electrons. The van der Waals surface area contributed by atoms with Gasteiger partial charge in [-0.15, -0.1) is 0 Å². The van der Waals surface area contributed by atoms with Crippen molar-refractivity contribution in [3.05, 3.63) is 35.6 Å². The van der Waals surface area contributed by atoms with Crippen LogP contribution in [0, 0.1) is 23.6 Å². The summed E-state index contributed by atoms with van der Waals surface area (Å²) in [6.07, 6.45) is 2.74. The quantitative estimate of drug-likeness (QED) is 0.320. The highest BCUT2D eigenvalue weighted by Crippen LogP contribution is 2.33. The van der Waals surface area contributed by atoms with Gasteiger partial charge in [0.15, 0.2) is 0 Å². The van der Waals surface area contributed by atoms with Crippen molar-refractivity contribution >= 4 is 12.0 Å². The molecular formula is C26H41FN4O5. The molecule has 2 saturated heterocycles. The van der Waals surface area contributed by atoms with Gasteiger partial charge in [0.2, 0.25) is 5.91 Å². The van der Waals surface area contributed by atoms with Crippen molar-refractivity contribution in [1.82, 2.24) is 21.3 Å². The Labute approximate surface area is 213 Å². The van der Waals surface area contributed by atoms with E-state index in [0.29, 0.717) is 37.5 Å². The summed E-state index contributed by atoms with van der Waals surface area (Å²) in [7, 11) is 3.19. The van der Waals surface area contributed by atoms with Crippen LogP contribution in [0.3, 0.4) is 0 Å². The highest BCUT2D eigenvalue weighted by atomic mass is 19.1. The first kappa shape index (κ1) is 28.3. The monoisotopic (exact) mass is 508 g/mol. The lowest BCUT2D eigenvalue weighted by atomic mass is 9.83. The minimum atomic E-state index is -0.534. The first-order valence-corrected chi connectivity index (χ1v) is 12.9. The third-order valence-electron chi connectivity index (χ3n) is 6.88. The molecule has 0 spiro atoms. The third kappa shape index (κ3) is 8.99. The van der Waals surface area contributed by atoms with E-state index >= 15 is 0 Å². The molecule has 2 fully saturated rings. The van der Waals surface area contributed by atoms with Crippen LogP contribution in [0.1, 0.15) is 37.4 Å². The number of carbonyl (C=O) groups is 2. The lowest BCUT2D eigenvalue weighted by Gasteiger charge is -2.36. The summed E-state index contributed by atoms with van der Waals surface area (Å²) in [6.45, 7) is 4.00. The SMILES string of the molecule is CNC[C@@H](C[C@H]1CCCOC1)NC(=O)C1CNCC([C@@H](OCCNC(=O)OC)c2cccc(F)c2)C1. The molecule has 36 heavy (non-hydrogen) atoms. The fourth-order valence-electron chi connectivity index (χ4n) is 5.16. The normalized spacial score (nSPS) is 23.9. The van der Waals surface area contributed by atoms with Crippen LogP contribution in [-0.4, -0.2) is 78.2 Å². The number of likely N-dealkylation sites (N-methyl/N-ethyl adjacent to an activating group) is 1. The number of hydrogen-bond acceptors (Lipinski definition) is 7. The summed E-state index contributed by atoms with van der Waals surface area (Å²) in [5.74, 6) is -0.121. The number of hydrogen-bond donors (Lipinski definition) is 4. The number of ether oxygens (including phenoxy) is 3. The molecule has 0 aliphatic carbocycles. The summed E-state index contributed by atoms with van der Waals surface area (Å²) in [5.41, 5.74) is 0.714. The van der Waals surface area contributed by atoms with E-state index in [1.807, 2.05) is 13.1 Å². The van der Waals surface area contributed by atoms with Crippen molar-refractivity contribution in [3.63, 3.8) is 0 Å². The van der Waals surface area contributed by atoms with Crippen molar-refractivity contribution in [2.75, 3.05) is 60.2 Å². The van der Waals surface area contributed by atoms with Crippen LogP contribution in [0.5, 0.6) is 0 Å². The predicted molar refractivity (Wildman–Crippen MR) is 134 cm³/mol. The van der Waals surface area contributed by atoms with Gasteiger partial charge in [0.05, 0.1) is 25.7 Å². The largest absolute Gasteiger partial charge is 0.453 e. The van der Waals surface area contributed by atoms with E-state index in [1.54, 1.807) is 6.07 Å². The maximum atomic E-state index is 14.0. The second-order valence-electron chi connectivity index (χ2n) is 9.70.